The number of benzene rings is 3. The summed E-state index contributed by atoms with van der Waals surface area (Å²) in [6.07, 6.45) is 10.6. The van der Waals surface area contributed by atoms with Gasteiger partial charge in [-0.15, -0.1) is 0 Å². The van der Waals surface area contributed by atoms with E-state index in [0.717, 1.165) is 54.9 Å². The van der Waals surface area contributed by atoms with Crippen LogP contribution in [0.1, 0.15) is 113 Å². The average molecular weight is 701 g/mol. The largest absolute Gasteiger partial charge is 0.496 e. The van der Waals surface area contributed by atoms with Crippen LogP contribution in [0.4, 0.5) is 4.39 Å². The second-order valence-corrected chi connectivity index (χ2v) is 15.6. The zero-order valence-electron chi connectivity index (χ0n) is 30.4. The standard InChI is InChI=1S/C42H53FN2O6/c1-41(20-11-21-41)27-44-38(46)32-16-6-4-5-7-17-35(32)45-39(47)33-24-37(34(43)25-36(33)49-3)51-30-18-22-42(2,23-19-30)40(48)50-26-29-14-10-13-28-12-8-9-15-31(28)29/h8-10,12-15,24-25,30,32,35H,4-7,11,16-23,26-27H2,1-3H3,(H,44,46)(H,45,47)/t30-,32-,35+,42+/m1/s1. The van der Waals surface area contributed by atoms with E-state index in [1.807, 2.05) is 49.4 Å². The molecule has 0 aromatic heterocycles. The molecule has 3 aliphatic carbocycles. The Labute approximate surface area is 301 Å². The summed E-state index contributed by atoms with van der Waals surface area (Å²) in [6, 6.07) is 16.3. The highest BCUT2D eigenvalue weighted by molar-refractivity contribution is 5.98. The highest BCUT2D eigenvalue weighted by atomic mass is 19.1. The molecule has 2 N–H and O–H groups in total. The van der Waals surface area contributed by atoms with Gasteiger partial charge in [0.25, 0.3) is 5.91 Å². The summed E-state index contributed by atoms with van der Waals surface area (Å²) in [6.45, 7) is 4.98. The summed E-state index contributed by atoms with van der Waals surface area (Å²) in [4.78, 5) is 40.6. The van der Waals surface area contributed by atoms with Crippen LogP contribution in [0.25, 0.3) is 10.8 Å². The molecule has 51 heavy (non-hydrogen) atoms. The van der Waals surface area contributed by atoms with Crippen molar-refractivity contribution in [2.75, 3.05) is 13.7 Å². The first-order chi connectivity index (χ1) is 24.6. The van der Waals surface area contributed by atoms with Crippen LogP contribution in [0.2, 0.25) is 0 Å². The molecule has 0 heterocycles. The Morgan fingerprint density at radius 3 is 2.29 bits per heavy atom. The molecule has 6 rings (SSSR count). The summed E-state index contributed by atoms with van der Waals surface area (Å²) >= 11 is 0. The van der Waals surface area contributed by atoms with Gasteiger partial charge in [-0.25, -0.2) is 4.39 Å². The van der Waals surface area contributed by atoms with Gasteiger partial charge in [0.05, 0.1) is 30.1 Å². The number of esters is 1. The van der Waals surface area contributed by atoms with Crippen molar-refractivity contribution in [1.82, 2.24) is 10.6 Å². The SMILES string of the molecule is COc1cc(F)c(O[C@H]2CC[C@@](C)(C(=O)OCc3cccc4ccccc34)CC2)cc1C(=O)N[C@H]1CCCCCC[C@H]1C(=O)NCC1(C)CCC1. The van der Waals surface area contributed by atoms with Crippen molar-refractivity contribution in [3.63, 3.8) is 0 Å². The fraction of sp³-hybridized carbons (Fsp3) is 0.548. The summed E-state index contributed by atoms with van der Waals surface area (Å²) < 4.78 is 32.8. The van der Waals surface area contributed by atoms with Gasteiger partial charge in [0.2, 0.25) is 5.91 Å². The number of carbonyl (C=O) groups is 3. The second-order valence-electron chi connectivity index (χ2n) is 15.6. The third kappa shape index (κ3) is 8.67. The van der Waals surface area contributed by atoms with Gasteiger partial charge < -0.3 is 24.8 Å². The van der Waals surface area contributed by atoms with E-state index >= 15 is 4.39 Å². The number of ether oxygens (including phenoxy) is 3. The Morgan fingerprint density at radius 2 is 1.57 bits per heavy atom. The Bertz CT molecular complexity index is 1710. The van der Waals surface area contributed by atoms with E-state index in [-0.39, 0.29) is 59.0 Å². The van der Waals surface area contributed by atoms with E-state index < -0.39 is 17.1 Å². The Kier molecular flexibility index (Phi) is 11.5. The molecule has 3 saturated carbocycles. The maximum absolute atomic E-state index is 15.4. The molecule has 274 valence electrons. The molecule has 0 bridgehead atoms. The zero-order valence-corrected chi connectivity index (χ0v) is 30.4. The highest BCUT2D eigenvalue weighted by Crippen LogP contribution is 2.41. The number of hydrogen-bond acceptors (Lipinski definition) is 6. The minimum atomic E-state index is -0.677. The molecule has 0 aliphatic heterocycles. The smallest absolute Gasteiger partial charge is 0.312 e. The molecule has 2 amide bonds. The fourth-order valence-corrected chi connectivity index (χ4v) is 8.04. The number of fused-ring (bicyclic) bond motifs is 1. The highest BCUT2D eigenvalue weighted by Gasteiger charge is 2.40. The number of halogens is 1. The fourth-order valence-electron chi connectivity index (χ4n) is 8.04. The third-order valence-electron chi connectivity index (χ3n) is 11.7. The second kappa shape index (κ2) is 16.0. The molecule has 3 aliphatic rings. The number of hydrogen-bond donors (Lipinski definition) is 2. The van der Waals surface area contributed by atoms with Crippen molar-refractivity contribution < 1.29 is 33.0 Å². The molecule has 0 radical (unpaired) electrons. The van der Waals surface area contributed by atoms with Crippen molar-refractivity contribution in [2.45, 2.75) is 116 Å². The molecule has 0 saturated heterocycles. The van der Waals surface area contributed by atoms with E-state index in [1.54, 1.807) is 0 Å². The molecule has 0 spiro atoms. The van der Waals surface area contributed by atoms with Crippen LogP contribution in [0.5, 0.6) is 11.5 Å². The number of rotatable bonds is 11. The van der Waals surface area contributed by atoms with Crippen LogP contribution < -0.4 is 20.1 Å². The molecule has 3 fully saturated rings. The molecular formula is C42H53FN2O6. The van der Waals surface area contributed by atoms with Gasteiger partial charge in [0, 0.05) is 18.7 Å². The third-order valence-corrected chi connectivity index (χ3v) is 11.7. The molecule has 3 aromatic rings. The number of carbonyl (C=O) groups excluding carboxylic acids is 3. The molecule has 9 heteroatoms. The van der Waals surface area contributed by atoms with Crippen LogP contribution >= 0.6 is 0 Å². The lowest BCUT2D eigenvalue weighted by molar-refractivity contribution is -0.159. The minimum Gasteiger partial charge on any atom is -0.496 e. The predicted molar refractivity (Wildman–Crippen MR) is 195 cm³/mol. The Morgan fingerprint density at radius 1 is 0.843 bits per heavy atom. The first-order valence-corrected chi connectivity index (χ1v) is 18.8. The van der Waals surface area contributed by atoms with Gasteiger partial charge in [-0.3, -0.25) is 14.4 Å². The lowest BCUT2D eigenvalue weighted by Crippen LogP contribution is -2.49. The van der Waals surface area contributed by atoms with Gasteiger partial charge in [-0.05, 0) is 86.1 Å². The topological polar surface area (TPSA) is 103 Å². The van der Waals surface area contributed by atoms with Crippen LogP contribution in [-0.4, -0.2) is 43.6 Å². The van der Waals surface area contributed by atoms with Crippen LogP contribution in [0, 0.1) is 22.6 Å². The monoisotopic (exact) mass is 700 g/mol. The van der Waals surface area contributed by atoms with Crippen LogP contribution in [0.15, 0.2) is 54.6 Å². The Balaban J connectivity index is 1.08. The van der Waals surface area contributed by atoms with Gasteiger partial charge >= 0.3 is 5.97 Å². The quantitative estimate of drug-likeness (QED) is 0.195. The normalized spacial score (nSPS) is 24.7. The van der Waals surface area contributed by atoms with Crippen molar-refractivity contribution in [3.8, 4) is 11.5 Å². The van der Waals surface area contributed by atoms with E-state index in [2.05, 4.69) is 17.6 Å². The van der Waals surface area contributed by atoms with Gasteiger partial charge in [-0.1, -0.05) is 81.5 Å². The van der Waals surface area contributed by atoms with Crippen molar-refractivity contribution in [2.24, 2.45) is 16.7 Å². The van der Waals surface area contributed by atoms with E-state index in [9.17, 15) is 14.4 Å². The first-order valence-electron chi connectivity index (χ1n) is 18.8. The molecule has 2 atom stereocenters. The maximum Gasteiger partial charge on any atom is 0.312 e. The Hall–Kier alpha value is -4.14. The van der Waals surface area contributed by atoms with E-state index in [4.69, 9.17) is 14.2 Å². The summed E-state index contributed by atoms with van der Waals surface area (Å²) in [7, 11) is 1.40. The first kappa shape index (κ1) is 36.6. The summed E-state index contributed by atoms with van der Waals surface area (Å²) in [5.74, 6) is -1.57. The lowest BCUT2D eigenvalue weighted by atomic mass is 9.70. The average Bonchev–Trinajstić information content (AvgIpc) is 3.11. The molecular weight excluding hydrogens is 647 g/mol. The molecule has 0 unspecified atom stereocenters. The van der Waals surface area contributed by atoms with Crippen molar-refractivity contribution in [3.05, 3.63) is 71.5 Å². The van der Waals surface area contributed by atoms with Gasteiger partial charge in [-0.2, -0.15) is 0 Å². The zero-order chi connectivity index (χ0) is 36.0. The van der Waals surface area contributed by atoms with Crippen LogP contribution in [0.3, 0.4) is 0 Å². The number of methoxy groups -OCH3 is 1. The van der Waals surface area contributed by atoms with Crippen molar-refractivity contribution >= 4 is 28.6 Å². The van der Waals surface area contributed by atoms with Gasteiger partial charge in [0.15, 0.2) is 11.6 Å². The molecule has 8 nitrogen and oxygen atoms in total. The lowest BCUT2D eigenvalue weighted by Gasteiger charge is -2.39. The summed E-state index contributed by atoms with van der Waals surface area (Å²) in [5.41, 5.74) is 0.606. The molecule has 3 aromatic carbocycles. The number of nitrogens with one attached hydrogen (secondary N) is 2. The van der Waals surface area contributed by atoms with E-state index in [1.165, 1.54) is 25.7 Å². The maximum atomic E-state index is 15.4. The predicted octanol–water partition coefficient (Wildman–Crippen LogP) is 8.43. The van der Waals surface area contributed by atoms with Crippen LogP contribution in [-0.2, 0) is 20.9 Å². The number of amides is 2. The van der Waals surface area contributed by atoms with E-state index in [0.29, 0.717) is 45.1 Å². The summed E-state index contributed by atoms with van der Waals surface area (Å²) in [5, 5.41) is 8.48. The van der Waals surface area contributed by atoms with Crippen molar-refractivity contribution in [1.29, 1.82) is 0 Å². The minimum absolute atomic E-state index is 0.00726. The van der Waals surface area contributed by atoms with Gasteiger partial charge in [0.1, 0.15) is 12.4 Å².